The van der Waals surface area contributed by atoms with Gasteiger partial charge in [-0.25, -0.2) is 9.59 Å². The van der Waals surface area contributed by atoms with E-state index in [-0.39, 0.29) is 36.6 Å². The molecule has 3 atom stereocenters. The van der Waals surface area contributed by atoms with E-state index in [1.807, 2.05) is 25.1 Å². The molecule has 0 aromatic heterocycles. The molecule has 222 valence electrons. The standard InChI is InChI=1S/C31H37N5O6/c1-20-17-36(21(2)19-37)29(38)26-16-24(33-30(39)32-22-8-6-5-7-9-22)12-15-27(26)42-28(20)18-35(3)31(40)34-23-10-13-25(41-4)14-11-23/h5-16,20-21,28,37H,17-19H2,1-4H3,(H,34,40)(H2,32,33,39)/t20-,21-,28+/m1/s1. The summed E-state index contributed by atoms with van der Waals surface area (Å²) in [6, 6.07) is 19.6. The van der Waals surface area contributed by atoms with E-state index in [9.17, 15) is 19.5 Å². The highest BCUT2D eigenvalue weighted by Gasteiger charge is 2.34. The molecule has 0 saturated carbocycles. The molecule has 0 spiro atoms. The lowest BCUT2D eigenvalue weighted by atomic mass is 9.99. The van der Waals surface area contributed by atoms with Gasteiger partial charge in [0.15, 0.2) is 0 Å². The minimum absolute atomic E-state index is 0.179. The van der Waals surface area contributed by atoms with Gasteiger partial charge < -0.3 is 40.3 Å². The van der Waals surface area contributed by atoms with Crippen molar-refractivity contribution in [3.8, 4) is 11.5 Å². The second-order valence-electron chi connectivity index (χ2n) is 10.3. The van der Waals surface area contributed by atoms with Crippen LogP contribution in [0.15, 0.2) is 72.8 Å². The Hall–Kier alpha value is -4.77. The van der Waals surface area contributed by atoms with Crippen LogP contribution in [-0.2, 0) is 0 Å². The molecule has 4 N–H and O–H groups in total. The maximum Gasteiger partial charge on any atom is 0.323 e. The Balaban J connectivity index is 1.53. The van der Waals surface area contributed by atoms with Crippen molar-refractivity contribution in [1.82, 2.24) is 9.80 Å². The number of nitrogens with one attached hydrogen (secondary N) is 3. The van der Waals surface area contributed by atoms with Gasteiger partial charge in [0.1, 0.15) is 17.6 Å². The van der Waals surface area contributed by atoms with Gasteiger partial charge in [0, 0.05) is 36.6 Å². The Labute approximate surface area is 245 Å². The minimum Gasteiger partial charge on any atom is -0.497 e. The third-order valence-electron chi connectivity index (χ3n) is 7.10. The van der Waals surface area contributed by atoms with E-state index in [0.29, 0.717) is 35.1 Å². The number of nitrogens with zero attached hydrogens (tertiary/aromatic N) is 2. The van der Waals surface area contributed by atoms with Gasteiger partial charge in [-0.2, -0.15) is 0 Å². The molecule has 0 aliphatic carbocycles. The van der Waals surface area contributed by atoms with Crippen LogP contribution in [-0.4, -0.2) is 78.9 Å². The van der Waals surface area contributed by atoms with Crippen LogP contribution in [0.4, 0.5) is 26.7 Å². The van der Waals surface area contributed by atoms with Gasteiger partial charge >= 0.3 is 12.1 Å². The van der Waals surface area contributed by atoms with E-state index in [1.165, 1.54) is 4.90 Å². The zero-order chi connectivity index (χ0) is 30.2. The zero-order valence-corrected chi connectivity index (χ0v) is 24.2. The quantitative estimate of drug-likeness (QED) is 0.307. The van der Waals surface area contributed by atoms with Crippen molar-refractivity contribution in [2.24, 2.45) is 5.92 Å². The number of hydrogen-bond donors (Lipinski definition) is 4. The first-order valence-corrected chi connectivity index (χ1v) is 13.7. The minimum atomic E-state index is -0.475. The van der Waals surface area contributed by atoms with Gasteiger partial charge in [-0.3, -0.25) is 4.79 Å². The number of fused-ring (bicyclic) bond motifs is 1. The molecular weight excluding hydrogens is 538 g/mol. The van der Waals surface area contributed by atoms with E-state index in [1.54, 1.807) is 80.6 Å². The third-order valence-corrected chi connectivity index (χ3v) is 7.10. The molecule has 1 aliphatic heterocycles. The van der Waals surface area contributed by atoms with E-state index in [0.717, 1.165) is 0 Å². The Morgan fingerprint density at radius 1 is 1.02 bits per heavy atom. The number of benzene rings is 3. The molecule has 3 aromatic rings. The van der Waals surface area contributed by atoms with Gasteiger partial charge in [0.2, 0.25) is 0 Å². The number of methoxy groups -OCH3 is 1. The van der Waals surface area contributed by atoms with Crippen molar-refractivity contribution < 1.29 is 29.0 Å². The summed E-state index contributed by atoms with van der Waals surface area (Å²) in [5.74, 6) is 0.504. The molecule has 42 heavy (non-hydrogen) atoms. The number of aliphatic hydroxyl groups excluding tert-OH is 1. The van der Waals surface area contributed by atoms with Crippen LogP contribution < -0.4 is 25.4 Å². The molecule has 0 bridgehead atoms. The lowest BCUT2D eigenvalue weighted by Crippen LogP contribution is -2.50. The van der Waals surface area contributed by atoms with Crippen molar-refractivity contribution in [3.05, 3.63) is 78.4 Å². The van der Waals surface area contributed by atoms with Crippen LogP contribution in [0.2, 0.25) is 0 Å². The molecule has 4 rings (SSSR count). The predicted octanol–water partition coefficient (Wildman–Crippen LogP) is 4.72. The lowest BCUT2D eigenvalue weighted by Gasteiger charge is -2.38. The van der Waals surface area contributed by atoms with Crippen LogP contribution in [0.1, 0.15) is 24.2 Å². The summed E-state index contributed by atoms with van der Waals surface area (Å²) in [5, 5.41) is 18.3. The number of hydrogen-bond acceptors (Lipinski definition) is 6. The fourth-order valence-corrected chi connectivity index (χ4v) is 4.58. The van der Waals surface area contributed by atoms with Crippen LogP contribution in [0.5, 0.6) is 11.5 Å². The van der Waals surface area contributed by atoms with Crippen LogP contribution in [0.3, 0.4) is 0 Å². The van der Waals surface area contributed by atoms with Gasteiger partial charge in [0.25, 0.3) is 5.91 Å². The predicted molar refractivity (Wildman–Crippen MR) is 161 cm³/mol. The molecule has 1 heterocycles. The maximum atomic E-state index is 13.7. The molecule has 11 heteroatoms. The number of carbonyl (C=O) groups excluding carboxylic acids is 3. The van der Waals surface area contributed by atoms with Crippen molar-refractivity contribution in [2.45, 2.75) is 26.0 Å². The second kappa shape index (κ2) is 13.7. The monoisotopic (exact) mass is 575 g/mol. The topological polar surface area (TPSA) is 132 Å². The van der Waals surface area contributed by atoms with Crippen LogP contribution in [0.25, 0.3) is 0 Å². The molecule has 5 amide bonds. The highest BCUT2D eigenvalue weighted by Crippen LogP contribution is 2.31. The highest BCUT2D eigenvalue weighted by molar-refractivity contribution is 6.02. The Morgan fingerprint density at radius 2 is 1.67 bits per heavy atom. The third kappa shape index (κ3) is 7.49. The summed E-state index contributed by atoms with van der Waals surface area (Å²) >= 11 is 0. The summed E-state index contributed by atoms with van der Waals surface area (Å²) in [6.45, 7) is 4.02. The van der Waals surface area contributed by atoms with E-state index in [4.69, 9.17) is 9.47 Å². The lowest BCUT2D eigenvalue weighted by molar-refractivity contribution is 0.0371. The SMILES string of the molecule is COc1ccc(NC(=O)N(C)C[C@@H]2Oc3ccc(NC(=O)Nc4ccccc4)cc3C(=O)N([C@H](C)CO)C[C@H]2C)cc1. The van der Waals surface area contributed by atoms with Crippen LogP contribution in [0, 0.1) is 5.92 Å². The molecular formula is C31H37N5O6. The first kappa shape index (κ1) is 30.2. The number of urea groups is 2. The summed E-state index contributed by atoms with van der Waals surface area (Å²) in [6.07, 6.45) is -0.475. The number of ether oxygens (including phenoxy) is 2. The molecule has 0 unspecified atom stereocenters. The van der Waals surface area contributed by atoms with Gasteiger partial charge in [-0.15, -0.1) is 0 Å². The molecule has 0 fully saturated rings. The first-order chi connectivity index (χ1) is 20.2. The fraction of sp³-hybridized carbons (Fsp3) is 0.323. The van der Waals surface area contributed by atoms with Crippen LogP contribution >= 0.6 is 0 Å². The average molecular weight is 576 g/mol. The number of para-hydroxylation sites is 1. The van der Waals surface area contributed by atoms with Gasteiger partial charge in [-0.05, 0) is 61.5 Å². The van der Waals surface area contributed by atoms with Gasteiger partial charge in [0.05, 0.1) is 31.9 Å². The average Bonchev–Trinajstić information content (AvgIpc) is 2.99. The smallest absolute Gasteiger partial charge is 0.323 e. The largest absolute Gasteiger partial charge is 0.497 e. The molecule has 0 radical (unpaired) electrons. The van der Waals surface area contributed by atoms with Crippen molar-refractivity contribution in [1.29, 1.82) is 0 Å². The highest BCUT2D eigenvalue weighted by atomic mass is 16.5. The summed E-state index contributed by atoms with van der Waals surface area (Å²) in [7, 11) is 3.25. The van der Waals surface area contributed by atoms with E-state index < -0.39 is 18.2 Å². The van der Waals surface area contributed by atoms with Crippen molar-refractivity contribution in [2.75, 3.05) is 49.8 Å². The number of rotatable bonds is 8. The van der Waals surface area contributed by atoms with Gasteiger partial charge in [-0.1, -0.05) is 25.1 Å². The van der Waals surface area contributed by atoms with Crippen molar-refractivity contribution >= 4 is 35.0 Å². The number of carbonyl (C=O) groups is 3. The molecule has 0 saturated heterocycles. The Morgan fingerprint density at radius 3 is 2.33 bits per heavy atom. The van der Waals surface area contributed by atoms with Crippen molar-refractivity contribution in [3.63, 3.8) is 0 Å². The number of aliphatic hydroxyl groups is 1. The van der Waals surface area contributed by atoms with E-state index in [2.05, 4.69) is 16.0 Å². The molecule has 11 nitrogen and oxygen atoms in total. The number of anilines is 3. The maximum absolute atomic E-state index is 13.7. The normalized spacial score (nSPS) is 17.1. The fourth-order valence-electron chi connectivity index (χ4n) is 4.58. The second-order valence-corrected chi connectivity index (χ2v) is 10.3. The summed E-state index contributed by atoms with van der Waals surface area (Å²) < 4.78 is 11.5. The molecule has 1 aliphatic rings. The Bertz CT molecular complexity index is 1380. The first-order valence-electron chi connectivity index (χ1n) is 13.7. The van der Waals surface area contributed by atoms with E-state index >= 15 is 0 Å². The summed E-state index contributed by atoms with van der Waals surface area (Å²) in [5.41, 5.74) is 1.89. The number of amides is 5. The molecule has 3 aromatic carbocycles. The Kier molecular flexibility index (Phi) is 9.87. The summed E-state index contributed by atoms with van der Waals surface area (Å²) in [4.78, 5) is 42.4. The zero-order valence-electron chi connectivity index (χ0n) is 24.2. The number of likely N-dealkylation sites (N-methyl/N-ethyl adjacent to an activating group) is 1.